The largest absolute Gasteiger partial charge is 0.513 e. The van der Waals surface area contributed by atoms with Crippen LogP contribution in [0.4, 0.5) is 13.6 Å². The predicted molar refractivity (Wildman–Crippen MR) is 57.9 cm³/mol. The smallest absolute Gasteiger partial charge is 0.434 e. The minimum absolute atomic E-state index is 0.206. The number of carbonyl (C=O) groups excluding carboxylic acids is 1. The van der Waals surface area contributed by atoms with Crippen molar-refractivity contribution in [1.82, 2.24) is 0 Å². The van der Waals surface area contributed by atoms with Gasteiger partial charge in [0.25, 0.3) is 0 Å². The van der Waals surface area contributed by atoms with Crippen LogP contribution >= 0.6 is 0 Å². The third kappa shape index (κ3) is 5.29. The molecule has 0 amide bonds. The van der Waals surface area contributed by atoms with Crippen molar-refractivity contribution >= 4 is 6.16 Å². The third-order valence-electron chi connectivity index (χ3n) is 2.01. The van der Waals surface area contributed by atoms with Gasteiger partial charge < -0.3 is 9.47 Å². The summed E-state index contributed by atoms with van der Waals surface area (Å²) in [6.07, 6.45) is 1.74. The molecule has 0 saturated carbocycles. The fourth-order valence-electron chi connectivity index (χ4n) is 1.22. The first-order chi connectivity index (χ1) is 8.11. The van der Waals surface area contributed by atoms with Crippen LogP contribution in [0.15, 0.2) is 18.2 Å². The van der Waals surface area contributed by atoms with Crippen molar-refractivity contribution in [3.05, 3.63) is 29.8 Å². The lowest BCUT2D eigenvalue weighted by molar-refractivity contribution is 0.0972. The average Bonchev–Trinajstić information content (AvgIpc) is 2.23. The van der Waals surface area contributed by atoms with E-state index in [4.69, 9.17) is 4.74 Å². The van der Waals surface area contributed by atoms with E-state index in [9.17, 15) is 13.6 Å². The van der Waals surface area contributed by atoms with E-state index in [1.807, 2.05) is 6.92 Å². The fourth-order valence-corrected chi connectivity index (χ4v) is 1.22. The van der Waals surface area contributed by atoms with Crippen LogP contribution in [0.3, 0.4) is 0 Å². The summed E-state index contributed by atoms with van der Waals surface area (Å²) in [4.78, 5) is 11.1. The van der Waals surface area contributed by atoms with Gasteiger partial charge in [0.1, 0.15) is 17.4 Å². The number of benzene rings is 1. The molecule has 0 aromatic heterocycles. The summed E-state index contributed by atoms with van der Waals surface area (Å²) in [6, 6.07) is 2.52. The second-order valence-corrected chi connectivity index (χ2v) is 3.51. The van der Waals surface area contributed by atoms with E-state index in [1.165, 1.54) is 0 Å². The number of halogens is 2. The Kier molecular flexibility index (Phi) is 5.39. The summed E-state index contributed by atoms with van der Waals surface area (Å²) >= 11 is 0. The molecule has 0 unspecified atom stereocenters. The molecule has 1 aromatic rings. The molecule has 3 nitrogen and oxygen atoms in total. The summed E-state index contributed by atoms with van der Waals surface area (Å²) in [5, 5.41) is 0. The molecule has 0 aliphatic heterocycles. The zero-order valence-corrected chi connectivity index (χ0v) is 9.54. The van der Waals surface area contributed by atoms with Gasteiger partial charge in [-0.2, -0.15) is 0 Å². The van der Waals surface area contributed by atoms with E-state index in [-0.39, 0.29) is 12.4 Å². The first-order valence-corrected chi connectivity index (χ1v) is 5.42. The van der Waals surface area contributed by atoms with E-state index in [2.05, 4.69) is 4.74 Å². The van der Waals surface area contributed by atoms with E-state index in [1.54, 1.807) is 0 Å². The van der Waals surface area contributed by atoms with Crippen LogP contribution in [-0.4, -0.2) is 12.8 Å². The van der Waals surface area contributed by atoms with Gasteiger partial charge in [0.2, 0.25) is 0 Å². The van der Waals surface area contributed by atoms with Gasteiger partial charge in [0.05, 0.1) is 6.61 Å². The molecular weight excluding hydrogens is 230 g/mol. The normalized spacial score (nSPS) is 10.1. The van der Waals surface area contributed by atoms with Crippen molar-refractivity contribution in [2.75, 3.05) is 6.61 Å². The first-order valence-electron chi connectivity index (χ1n) is 5.42. The van der Waals surface area contributed by atoms with Crippen molar-refractivity contribution in [3.8, 4) is 5.75 Å². The van der Waals surface area contributed by atoms with Gasteiger partial charge in [0, 0.05) is 18.2 Å². The van der Waals surface area contributed by atoms with Crippen molar-refractivity contribution in [2.45, 2.75) is 26.2 Å². The minimum atomic E-state index is -0.953. The van der Waals surface area contributed by atoms with Crippen LogP contribution in [0.1, 0.15) is 26.2 Å². The van der Waals surface area contributed by atoms with E-state index in [0.717, 1.165) is 31.4 Å². The average molecular weight is 244 g/mol. The standard InChI is InChI=1S/C12H14F2O3/c1-2-3-4-5-16-12(15)17-11-7-9(13)6-10(14)8-11/h6-8H,2-5H2,1H3. The first kappa shape index (κ1) is 13.4. The van der Waals surface area contributed by atoms with Crippen molar-refractivity contribution in [1.29, 1.82) is 0 Å². The molecule has 0 heterocycles. The molecule has 0 atom stereocenters. The molecule has 0 spiro atoms. The Morgan fingerprint density at radius 3 is 2.41 bits per heavy atom. The Bertz CT molecular complexity index is 360. The number of ether oxygens (including phenoxy) is 2. The highest BCUT2D eigenvalue weighted by Gasteiger charge is 2.08. The topological polar surface area (TPSA) is 35.5 Å². The lowest BCUT2D eigenvalue weighted by Gasteiger charge is -2.05. The maximum Gasteiger partial charge on any atom is 0.513 e. The molecule has 0 N–H and O–H groups in total. The van der Waals surface area contributed by atoms with Gasteiger partial charge in [-0.3, -0.25) is 0 Å². The molecule has 0 aliphatic carbocycles. The lowest BCUT2D eigenvalue weighted by Crippen LogP contribution is -2.11. The number of rotatable bonds is 5. The second kappa shape index (κ2) is 6.83. The van der Waals surface area contributed by atoms with Gasteiger partial charge in [-0.05, 0) is 6.42 Å². The number of carbonyl (C=O) groups is 1. The maximum absolute atomic E-state index is 12.8. The molecule has 1 aromatic carbocycles. The van der Waals surface area contributed by atoms with Crippen LogP contribution in [0.2, 0.25) is 0 Å². The molecule has 0 fully saturated rings. The van der Waals surface area contributed by atoms with Crippen LogP contribution in [0.25, 0.3) is 0 Å². The van der Waals surface area contributed by atoms with Crippen LogP contribution in [-0.2, 0) is 4.74 Å². The van der Waals surface area contributed by atoms with Gasteiger partial charge in [-0.25, -0.2) is 13.6 Å². The van der Waals surface area contributed by atoms with Crippen molar-refractivity contribution < 1.29 is 23.0 Å². The van der Waals surface area contributed by atoms with E-state index >= 15 is 0 Å². The SMILES string of the molecule is CCCCCOC(=O)Oc1cc(F)cc(F)c1. The van der Waals surface area contributed by atoms with Crippen LogP contribution in [0, 0.1) is 11.6 Å². The summed E-state index contributed by atoms with van der Waals surface area (Å²) in [5.41, 5.74) is 0. The van der Waals surface area contributed by atoms with E-state index < -0.39 is 17.8 Å². The van der Waals surface area contributed by atoms with Crippen LogP contribution in [0.5, 0.6) is 5.75 Å². The molecule has 1 rings (SSSR count). The number of hydrogen-bond donors (Lipinski definition) is 0. The number of unbranched alkanes of at least 4 members (excludes halogenated alkanes) is 2. The van der Waals surface area contributed by atoms with Gasteiger partial charge in [0.15, 0.2) is 0 Å². The van der Waals surface area contributed by atoms with Crippen LogP contribution < -0.4 is 4.74 Å². The zero-order chi connectivity index (χ0) is 12.7. The molecule has 0 saturated heterocycles. The highest BCUT2D eigenvalue weighted by molar-refractivity contribution is 5.63. The second-order valence-electron chi connectivity index (χ2n) is 3.51. The maximum atomic E-state index is 12.8. The monoisotopic (exact) mass is 244 g/mol. The Morgan fingerprint density at radius 2 is 1.82 bits per heavy atom. The lowest BCUT2D eigenvalue weighted by atomic mass is 10.3. The molecule has 0 bridgehead atoms. The molecule has 0 radical (unpaired) electrons. The highest BCUT2D eigenvalue weighted by atomic mass is 19.1. The van der Waals surface area contributed by atoms with E-state index in [0.29, 0.717) is 6.07 Å². The predicted octanol–water partition coefficient (Wildman–Crippen LogP) is 3.67. The Balaban J connectivity index is 2.39. The zero-order valence-electron chi connectivity index (χ0n) is 9.54. The summed E-state index contributed by atoms with van der Waals surface area (Å²) in [6.45, 7) is 2.26. The Labute approximate surface area is 98.3 Å². The third-order valence-corrected chi connectivity index (χ3v) is 2.01. The minimum Gasteiger partial charge on any atom is -0.434 e. The fraction of sp³-hybridized carbons (Fsp3) is 0.417. The number of hydrogen-bond acceptors (Lipinski definition) is 3. The highest BCUT2D eigenvalue weighted by Crippen LogP contribution is 2.15. The van der Waals surface area contributed by atoms with Crippen molar-refractivity contribution in [3.63, 3.8) is 0 Å². The molecule has 5 heteroatoms. The quantitative estimate of drug-likeness (QED) is 0.450. The van der Waals surface area contributed by atoms with Gasteiger partial charge in [-0.1, -0.05) is 19.8 Å². The summed E-state index contributed by atoms with van der Waals surface area (Å²) in [7, 11) is 0. The molecule has 94 valence electrons. The summed E-state index contributed by atoms with van der Waals surface area (Å²) < 4.78 is 34.9. The molecular formula is C12H14F2O3. The van der Waals surface area contributed by atoms with Gasteiger partial charge >= 0.3 is 6.16 Å². The Hall–Kier alpha value is -1.65. The molecule has 0 aliphatic rings. The van der Waals surface area contributed by atoms with Crippen molar-refractivity contribution in [2.24, 2.45) is 0 Å². The van der Waals surface area contributed by atoms with Gasteiger partial charge in [-0.15, -0.1) is 0 Å². The molecule has 17 heavy (non-hydrogen) atoms. The Morgan fingerprint density at radius 1 is 1.18 bits per heavy atom. The summed E-state index contributed by atoms with van der Waals surface area (Å²) in [5.74, 6) is -1.82.